The molecule has 0 saturated heterocycles. The van der Waals surface area contributed by atoms with E-state index in [4.69, 9.17) is 4.99 Å². The smallest absolute Gasteiger partial charge is 0.173 e. The average Bonchev–Trinajstić information content (AvgIpc) is 2.87. The van der Waals surface area contributed by atoms with Gasteiger partial charge in [0.15, 0.2) is 5.66 Å². The topological polar surface area (TPSA) is 24.7 Å². The van der Waals surface area contributed by atoms with E-state index in [1.807, 2.05) is 24.4 Å². The van der Waals surface area contributed by atoms with Crippen LogP contribution in [0.1, 0.15) is 29.2 Å². The summed E-state index contributed by atoms with van der Waals surface area (Å²) < 4.78 is 0. The van der Waals surface area contributed by atoms with Gasteiger partial charge >= 0.3 is 0 Å². The zero-order valence-electron chi connectivity index (χ0n) is 12.1. The van der Waals surface area contributed by atoms with Crippen LogP contribution in [-0.4, -0.2) is 11.9 Å². The standard InChI is InChI=1S/C18H18N2/c1-13-9-10-16(11-14(13)2)18(3)19-12-17(20-18)15-7-5-4-6-8-15/h4-12H,1-3H3. The van der Waals surface area contributed by atoms with E-state index in [9.17, 15) is 0 Å². The number of aryl methyl sites for hydroxylation is 2. The van der Waals surface area contributed by atoms with Crippen molar-refractivity contribution in [2.75, 3.05) is 0 Å². The quantitative estimate of drug-likeness (QED) is 0.780. The van der Waals surface area contributed by atoms with Gasteiger partial charge in [0.25, 0.3) is 0 Å². The van der Waals surface area contributed by atoms with E-state index in [-0.39, 0.29) is 0 Å². The van der Waals surface area contributed by atoms with Crippen molar-refractivity contribution in [2.45, 2.75) is 26.4 Å². The van der Waals surface area contributed by atoms with Gasteiger partial charge in [-0.05, 0) is 31.9 Å². The molecule has 100 valence electrons. The van der Waals surface area contributed by atoms with Crippen molar-refractivity contribution in [3.63, 3.8) is 0 Å². The Morgan fingerprint density at radius 2 is 1.65 bits per heavy atom. The minimum Gasteiger partial charge on any atom is -0.257 e. The molecule has 3 rings (SSSR count). The normalized spacial score (nSPS) is 21.1. The van der Waals surface area contributed by atoms with E-state index in [0.29, 0.717) is 0 Å². The van der Waals surface area contributed by atoms with Crippen molar-refractivity contribution in [1.82, 2.24) is 0 Å². The molecule has 0 radical (unpaired) electrons. The van der Waals surface area contributed by atoms with Crippen LogP contribution in [0.5, 0.6) is 0 Å². The summed E-state index contributed by atoms with van der Waals surface area (Å²) in [5.41, 5.74) is 5.29. The fourth-order valence-corrected chi connectivity index (χ4v) is 2.40. The summed E-state index contributed by atoms with van der Waals surface area (Å²) in [5.74, 6) is 0. The molecule has 0 spiro atoms. The summed E-state index contributed by atoms with van der Waals surface area (Å²) in [4.78, 5) is 9.46. The lowest BCUT2D eigenvalue weighted by Crippen LogP contribution is -2.14. The molecule has 1 unspecified atom stereocenters. The van der Waals surface area contributed by atoms with Crippen molar-refractivity contribution in [1.29, 1.82) is 0 Å². The molecule has 2 aromatic rings. The maximum atomic E-state index is 4.83. The lowest BCUT2D eigenvalue weighted by Gasteiger charge is -2.19. The summed E-state index contributed by atoms with van der Waals surface area (Å²) in [6, 6.07) is 16.6. The predicted octanol–water partition coefficient (Wildman–Crippen LogP) is 4.05. The van der Waals surface area contributed by atoms with Gasteiger partial charge in [0.2, 0.25) is 0 Å². The molecule has 0 aliphatic carbocycles. The first kappa shape index (κ1) is 12.8. The zero-order chi connectivity index (χ0) is 14.2. The number of hydrogen-bond donors (Lipinski definition) is 0. The van der Waals surface area contributed by atoms with Crippen LogP contribution < -0.4 is 0 Å². The molecule has 1 aliphatic rings. The van der Waals surface area contributed by atoms with Crippen molar-refractivity contribution < 1.29 is 0 Å². The van der Waals surface area contributed by atoms with Gasteiger partial charge in [-0.25, -0.2) is 4.99 Å². The first-order valence-electron chi connectivity index (χ1n) is 6.87. The van der Waals surface area contributed by atoms with Crippen molar-refractivity contribution in [2.24, 2.45) is 9.98 Å². The molecule has 0 fully saturated rings. The number of rotatable bonds is 2. The van der Waals surface area contributed by atoms with Gasteiger partial charge in [-0.3, -0.25) is 4.99 Å². The average molecular weight is 262 g/mol. The SMILES string of the molecule is Cc1ccc(C2(C)N=CC(c3ccccc3)=N2)cc1C. The van der Waals surface area contributed by atoms with Gasteiger partial charge in [-0.2, -0.15) is 0 Å². The Balaban J connectivity index is 2.01. The van der Waals surface area contributed by atoms with Crippen molar-refractivity contribution >= 4 is 11.9 Å². The molecule has 1 aliphatic heterocycles. The van der Waals surface area contributed by atoms with E-state index >= 15 is 0 Å². The van der Waals surface area contributed by atoms with Gasteiger partial charge in [0.1, 0.15) is 0 Å². The summed E-state index contributed by atoms with van der Waals surface area (Å²) in [6.07, 6.45) is 1.88. The van der Waals surface area contributed by atoms with Crippen LogP contribution in [0.15, 0.2) is 58.5 Å². The van der Waals surface area contributed by atoms with Gasteiger partial charge in [0.05, 0.1) is 11.9 Å². The second-order valence-corrected chi connectivity index (χ2v) is 5.44. The minimum atomic E-state index is -0.496. The van der Waals surface area contributed by atoms with E-state index < -0.39 is 5.66 Å². The maximum Gasteiger partial charge on any atom is 0.173 e. The van der Waals surface area contributed by atoms with Crippen LogP contribution in [0.25, 0.3) is 0 Å². The largest absolute Gasteiger partial charge is 0.257 e. The molecule has 0 N–H and O–H groups in total. The van der Waals surface area contributed by atoms with E-state index in [1.165, 1.54) is 11.1 Å². The van der Waals surface area contributed by atoms with Crippen LogP contribution in [0.2, 0.25) is 0 Å². The van der Waals surface area contributed by atoms with Crippen LogP contribution in [0.4, 0.5) is 0 Å². The van der Waals surface area contributed by atoms with Gasteiger partial charge < -0.3 is 0 Å². The highest BCUT2D eigenvalue weighted by Gasteiger charge is 2.29. The summed E-state index contributed by atoms with van der Waals surface area (Å²) in [6.45, 7) is 6.31. The zero-order valence-corrected chi connectivity index (χ0v) is 12.1. The molecule has 1 atom stereocenters. The summed E-state index contributed by atoms with van der Waals surface area (Å²) >= 11 is 0. The Bertz CT molecular complexity index is 699. The molecule has 0 bridgehead atoms. The molecule has 0 saturated carbocycles. The molecular formula is C18H18N2. The Kier molecular flexibility index (Phi) is 3.01. The molecule has 2 nitrogen and oxygen atoms in total. The Hall–Kier alpha value is -2.22. The lowest BCUT2D eigenvalue weighted by molar-refractivity contribution is 0.541. The highest BCUT2D eigenvalue weighted by molar-refractivity contribution is 6.39. The van der Waals surface area contributed by atoms with Crippen LogP contribution >= 0.6 is 0 Å². The van der Waals surface area contributed by atoms with Crippen LogP contribution in [0, 0.1) is 13.8 Å². The highest BCUT2D eigenvalue weighted by Crippen LogP contribution is 2.32. The molecular weight excluding hydrogens is 244 g/mol. The third kappa shape index (κ3) is 2.18. The summed E-state index contributed by atoms with van der Waals surface area (Å²) in [7, 11) is 0. The molecule has 2 heteroatoms. The molecule has 0 amide bonds. The highest BCUT2D eigenvalue weighted by atomic mass is 15.1. The number of benzene rings is 2. The second-order valence-electron chi connectivity index (χ2n) is 5.44. The number of aliphatic imine (C=N–C) groups is 2. The van der Waals surface area contributed by atoms with E-state index in [1.54, 1.807) is 0 Å². The van der Waals surface area contributed by atoms with Gasteiger partial charge in [-0.1, -0.05) is 48.5 Å². The predicted molar refractivity (Wildman–Crippen MR) is 84.7 cm³/mol. The third-order valence-corrected chi connectivity index (χ3v) is 3.90. The van der Waals surface area contributed by atoms with E-state index in [0.717, 1.165) is 16.8 Å². The monoisotopic (exact) mass is 262 g/mol. The van der Waals surface area contributed by atoms with Crippen molar-refractivity contribution in [3.8, 4) is 0 Å². The Labute approximate surface area is 119 Å². The van der Waals surface area contributed by atoms with Gasteiger partial charge in [0, 0.05) is 11.1 Å². The third-order valence-electron chi connectivity index (χ3n) is 3.90. The molecule has 1 heterocycles. The summed E-state index contributed by atoms with van der Waals surface area (Å²) in [5, 5.41) is 0. The van der Waals surface area contributed by atoms with E-state index in [2.05, 4.69) is 56.1 Å². The molecule has 20 heavy (non-hydrogen) atoms. The molecule has 2 aromatic carbocycles. The minimum absolute atomic E-state index is 0.496. The molecule has 0 aromatic heterocycles. The lowest BCUT2D eigenvalue weighted by atomic mass is 9.98. The van der Waals surface area contributed by atoms with Crippen molar-refractivity contribution in [3.05, 3.63) is 70.8 Å². The number of nitrogens with zero attached hydrogens (tertiary/aromatic N) is 2. The Morgan fingerprint density at radius 1 is 0.900 bits per heavy atom. The van der Waals surface area contributed by atoms with Gasteiger partial charge in [-0.15, -0.1) is 0 Å². The first-order valence-corrected chi connectivity index (χ1v) is 6.87. The fourth-order valence-electron chi connectivity index (χ4n) is 2.40. The van der Waals surface area contributed by atoms with Crippen LogP contribution in [0.3, 0.4) is 0 Å². The fraction of sp³-hybridized carbons (Fsp3) is 0.222. The second kappa shape index (κ2) is 4.71. The van der Waals surface area contributed by atoms with Crippen LogP contribution in [-0.2, 0) is 5.66 Å². The first-order chi connectivity index (χ1) is 9.58. The number of hydrogen-bond acceptors (Lipinski definition) is 2. The maximum absolute atomic E-state index is 4.83. The Morgan fingerprint density at radius 3 is 2.35 bits per heavy atom.